The molecule has 7 heteroatoms. The first kappa shape index (κ1) is 17.5. The maximum Gasteiger partial charge on any atom is 0.253 e. The van der Waals surface area contributed by atoms with Gasteiger partial charge in [0.2, 0.25) is 0 Å². The van der Waals surface area contributed by atoms with Gasteiger partial charge in [0.15, 0.2) is 17.2 Å². The van der Waals surface area contributed by atoms with Crippen LogP contribution in [0.1, 0.15) is 47.4 Å². The van der Waals surface area contributed by atoms with Gasteiger partial charge in [-0.3, -0.25) is 9.89 Å². The summed E-state index contributed by atoms with van der Waals surface area (Å²) >= 11 is 0. The average molecular weight is 368 g/mol. The van der Waals surface area contributed by atoms with Gasteiger partial charge in [0.25, 0.3) is 5.91 Å². The van der Waals surface area contributed by atoms with E-state index in [4.69, 9.17) is 4.74 Å². The number of halogens is 1. The van der Waals surface area contributed by atoms with E-state index in [9.17, 15) is 9.18 Å². The zero-order valence-electron chi connectivity index (χ0n) is 15.3. The molecule has 2 heterocycles. The largest absolute Gasteiger partial charge is 0.490 e. The number of fused-ring (bicyclic) bond motifs is 1. The number of carbonyl (C=O) groups is 1. The van der Waals surface area contributed by atoms with Gasteiger partial charge in [-0.1, -0.05) is 6.07 Å². The number of aromatic nitrogens is 3. The van der Waals surface area contributed by atoms with E-state index in [1.807, 2.05) is 13.8 Å². The fourth-order valence-electron chi connectivity index (χ4n) is 2.90. The summed E-state index contributed by atoms with van der Waals surface area (Å²) < 4.78 is 19.8. The van der Waals surface area contributed by atoms with E-state index in [2.05, 4.69) is 20.5 Å². The molecule has 1 aromatic carbocycles. The van der Waals surface area contributed by atoms with Gasteiger partial charge < -0.3 is 10.1 Å². The van der Waals surface area contributed by atoms with E-state index in [1.54, 1.807) is 18.2 Å². The Morgan fingerprint density at radius 1 is 1.41 bits per heavy atom. The minimum atomic E-state index is -0.411. The van der Waals surface area contributed by atoms with Crippen molar-refractivity contribution in [1.82, 2.24) is 20.5 Å². The van der Waals surface area contributed by atoms with Crippen molar-refractivity contribution in [3.8, 4) is 5.75 Å². The Kier molecular flexibility index (Phi) is 4.51. The molecular formula is C20H21FN4O2. The summed E-state index contributed by atoms with van der Waals surface area (Å²) in [5.41, 5.74) is 2.53. The molecule has 2 aromatic heterocycles. The van der Waals surface area contributed by atoms with Gasteiger partial charge in [-0.05, 0) is 56.4 Å². The summed E-state index contributed by atoms with van der Waals surface area (Å²) in [6.07, 6.45) is 3.80. The van der Waals surface area contributed by atoms with Crippen LogP contribution in [-0.2, 0) is 0 Å². The Labute approximate surface area is 156 Å². The molecule has 6 nitrogen and oxygen atoms in total. The molecule has 1 aliphatic carbocycles. The van der Waals surface area contributed by atoms with E-state index < -0.39 is 5.82 Å². The highest BCUT2D eigenvalue weighted by Gasteiger charge is 2.22. The summed E-state index contributed by atoms with van der Waals surface area (Å²) in [5, 5.41) is 10.6. The predicted octanol–water partition coefficient (Wildman–Crippen LogP) is 3.69. The topological polar surface area (TPSA) is 79.9 Å². The first-order valence-electron chi connectivity index (χ1n) is 9.05. The second-order valence-electron chi connectivity index (χ2n) is 7.08. The minimum absolute atomic E-state index is 0.259. The molecule has 0 spiro atoms. The van der Waals surface area contributed by atoms with E-state index in [1.165, 1.54) is 12.3 Å². The maximum atomic E-state index is 14.3. The first-order chi connectivity index (χ1) is 13.0. The van der Waals surface area contributed by atoms with E-state index in [-0.39, 0.29) is 17.7 Å². The van der Waals surface area contributed by atoms with E-state index in [0.717, 1.165) is 23.9 Å². The second kappa shape index (κ2) is 6.98. The van der Waals surface area contributed by atoms with Crippen molar-refractivity contribution in [3.63, 3.8) is 0 Å². The maximum absolute atomic E-state index is 14.3. The second-order valence-corrected chi connectivity index (χ2v) is 7.08. The fourth-order valence-corrected chi connectivity index (χ4v) is 2.90. The van der Waals surface area contributed by atoms with Crippen molar-refractivity contribution in [2.45, 2.75) is 32.7 Å². The van der Waals surface area contributed by atoms with E-state index >= 15 is 0 Å². The molecule has 0 aliphatic heterocycles. The van der Waals surface area contributed by atoms with Crippen molar-refractivity contribution in [2.24, 2.45) is 5.92 Å². The number of hydrogen-bond donors (Lipinski definition) is 2. The van der Waals surface area contributed by atoms with Crippen LogP contribution in [-0.4, -0.2) is 27.7 Å². The summed E-state index contributed by atoms with van der Waals surface area (Å²) in [5.74, 6) is 0.139. The lowest BCUT2D eigenvalue weighted by Gasteiger charge is -2.15. The SMILES string of the molecule is Cc1[nH]nc2ncc(C(=O)N[C@H](C)c3ccc(OCC4CC4)c(F)c3)cc12. The Morgan fingerprint density at radius 3 is 2.96 bits per heavy atom. The first-order valence-corrected chi connectivity index (χ1v) is 9.05. The van der Waals surface area contributed by atoms with Gasteiger partial charge in [0.05, 0.1) is 18.2 Å². The zero-order chi connectivity index (χ0) is 19.0. The van der Waals surface area contributed by atoms with Crippen LogP contribution in [0.3, 0.4) is 0 Å². The highest BCUT2D eigenvalue weighted by atomic mass is 19.1. The van der Waals surface area contributed by atoms with Crippen LogP contribution in [0.2, 0.25) is 0 Å². The third-order valence-electron chi connectivity index (χ3n) is 4.84. The number of hydrogen-bond acceptors (Lipinski definition) is 4. The predicted molar refractivity (Wildman–Crippen MR) is 99.1 cm³/mol. The molecule has 4 rings (SSSR count). The number of amides is 1. The normalized spacial score (nSPS) is 14.9. The zero-order valence-corrected chi connectivity index (χ0v) is 15.3. The van der Waals surface area contributed by atoms with Crippen LogP contribution in [0, 0.1) is 18.7 Å². The lowest BCUT2D eigenvalue weighted by atomic mass is 10.1. The van der Waals surface area contributed by atoms with Crippen LogP contribution in [0.4, 0.5) is 4.39 Å². The minimum Gasteiger partial charge on any atom is -0.490 e. The molecule has 1 atom stereocenters. The number of aryl methyl sites for hydroxylation is 1. The number of pyridine rings is 1. The molecule has 0 unspecified atom stereocenters. The molecule has 0 bridgehead atoms. The number of nitrogens with one attached hydrogen (secondary N) is 2. The van der Waals surface area contributed by atoms with Crippen molar-refractivity contribution in [2.75, 3.05) is 6.61 Å². The summed E-state index contributed by atoms with van der Waals surface area (Å²) in [6.45, 7) is 4.24. The van der Waals surface area contributed by atoms with Crippen molar-refractivity contribution in [3.05, 3.63) is 53.1 Å². The van der Waals surface area contributed by atoms with Gasteiger partial charge in [0, 0.05) is 17.3 Å². The number of ether oxygens (including phenoxy) is 1. The summed E-state index contributed by atoms with van der Waals surface area (Å²) in [4.78, 5) is 16.7. The number of aromatic amines is 1. The molecule has 0 saturated heterocycles. The Bertz CT molecular complexity index is 997. The standard InChI is InChI=1S/C20H21FN4O2/c1-11(14-5-6-18(17(21)8-14)27-10-13-3-4-13)23-20(26)15-7-16-12(2)24-25-19(16)22-9-15/h5-9,11,13H,3-4,10H2,1-2H3,(H,23,26)(H,22,24,25)/t11-/m1/s1. The van der Waals surface area contributed by atoms with Crippen LogP contribution >= 0.6 is 0 Å². The fraction of sp³-hybridized carbons (Fsp3) is 0.350. The van der Waals surface area contributed by atoms with Crippen molar-refractivity contribution >= 4 is 16.9 Å². The number of rotatable bonds is 6. The highest BCUT2D eigenvalue weighted by Crippen LogP contribution is 2.30. The molecule has 1 aliphatic rings. The van der Waals surface area contributed by atoms with Crippen LogP contribution in [0.25, 0.3) is 11.0 Å². The van der Waals surface area contributed by atoms with Gasteiger partial charge in [-0.25, -0.2) is 9.37 Å². The van der Waals surface area contributed by atoms with Gasteiger partial charge in [-0.15, -0.1) is 0 Å². The Balaban J connectivity index is 1.45. The molecule has 1 amide bonds. The number of benzene rings is 1. The summed E-state index contributed by atoms with van der Waals surface area (Å²) in [6, 6.07) is 6.20. The lowest BCUT2D eigenvalue weighted by Crippen LogP contribution is -2.26. The molecular weight excluding hydrogens is 347 g/mol. The summed E-state index contributed by atoms with van der Waals surface area (Å²) in [7, 11) is 0. The lowest BCUT2D eigenvalue weighted by molar-refractivity contribution is 0.0939. The Morgan fingerprint density at radius 2 is 2.22 bits per heavy atom. The number of nitrogens with zero attached hydrogens (tertiary/aromatic N) is 2. The van der Waals surface area contributed by atoms with Crippen LogP contribution in [0.5, 0.6) is 5.75 Å². The quantitative estimate of drug-likeness (QED) is 0.695. The molecule has 1 fully saturated rings. The van der Waals surface area contributed by atoms with Crippen LogP contribution in [0.15, 0.2) is 30.5 Å². The Hall–Kier alpha value is -2.96. The third kappa shape index (κ3) is 3.77. The third-order valence-corrected chi connectivity index (χ3v) is 4.84. The molecule has 27 heavy (non-hydrogen) atoms. The van der Waals surface area contributed by atoms with E-state index in [0.29, 0.717) is 29.3 Å². The molecule has 2 N–H and O–H groups in total. The molecule has 3 aromatic rings. The van der Waals surface area contributed by atoms with Gasteiger partial charge in [-0.2, -0.15) is 5.10 Å². The van der Waals surface area contributed by atoms with Crippen LogP contribution < -0.4 is 10.1 Å². The smallest absolute Gasteiger partial charge is 0.253 e. The van der Waals surface area contributed by atoms with Crippen molar-refractivity contribution in [1.29, 1.82) is 0 Å². The highest BCUT2D eigenvalue weighted by molar-refractivity contribution is 5.97. The van der Waals surface area contributed by atoms with Gasteiger partial charge >= 0.3 is 0 Å². The monoisotopic (exact) mass is 368 g/mol. The number of carbonyl (C=O) groups excluding carboxylic acids is 1. The molecule has 0 radical (unpaired) electrons. The molecule has 140 valence electrons. The average Bonchev–Trinajstić information content (AvgIpc) is 3.42. The van der Waals surface area contributed by atoms with Crippen molar-refractivity contribution < 1.29 is 13.9 Å². The molecule has 1 saturated carbocycles. The van der Waals surface area contributed by atoms with Gasteiger partial charge in [0.1, 0.15) is 0 Å². The number of H-pyrrole nitrogens is 1.